The van der Waals surface area contributed by atoms with Crippen molar-refractivity contribution in [2.45, 2.75) is 20.3 Å². The molecule has 0 aliphatic rings. The molecule has 1 N–H and O–H groups in total. The third-order valence-corrected chi connectivity index (χ3v) is 2.81. The molecule has 0 fully saturated rings. The molecule has 2 aromatic heterocycles. The largest absolute Gasteiger partial charge is 0.360 e. The Morgan fingerprint density at radius 2 is 2.40 bits per heavy atom. The van der Waals surface area contributed by atoms with Crippen molar-refractivity contribution >= 4 is 16.7 Å². The van der Waals surface area contributed by atoms with E-state index in [4.69, 9.17) is 0 Å². The van der Waals surface area contributed by atoms with Crippen LogP contribution in [0, 0.1) is 5.92 Å². The number of nitrogens with zero attached hydrogens (tertiary/aromatic N) is 1. The Hall–Kier alpha value is -1.64. The van der Waals surface area contributed by atoms with Crippen molar-refractivity contribution in [1.82, 2.24) is 9.97 Å². The standard InChI is InChI=1S/C12H14N2O/c1-3-8(2)12(15)10-7-14-11-4-5-13-6-9(10)11/h4-8,14H,3H2,1-2H3. The Balaban J connectivity index is 2.48. The average Bonchev–Trinajstić information content (AvgIpc) is 2.70. The molecule has 0 saturated carbocycles. The van der Waals surface area contributed by atoms with Crippen molar-refractivity contribution in [2.24, 2.45) is 5.92 Å². The summed E-state index contributed by atoms with van der Waals surface area (Å²) < 4.78 is 0. The lowest BCUT2D eigenvalue weighted by molar-refractivity contribution is 0.0929. The summed E-state index contributed by atoms with van der Waals surface area (Å²) in [5.74, 6) is 0.265. The lowest BCUT2D eigenvalue weighted by Gasteiger charge is -2.05. The fraction of sp³-hybridized carbons (Fsp3) is 0.333. The second-order valence-electron chi connectivity index (χ2n) is 3.80. The summed E-state index contributed by atoms with van der Waals surface area (Å²) in [6, 6.07) is 1.88. The summed E-state index contributed by atoms with van der Waals surface area (Å²) in [5, 5.41) is 0.919. The molecule has 3 nitrogen and oxygen atoms in total. The highest BCUT2D eigenvalue weighted by atomic mass is 16.1. The van der Waals surface area contributed by atoms with Gasteiger partial charge in [0.2, 0.25) is 0 Å². The van der Waals surface area contributed by atoms with Crippen LogP contribution in [0.3, 0.4) is 0 Å². The first-order chi connectivity index (χ1) is 7.24. The first kappa shape index (κ1) is 9.90. The van der Waals surface area contributed by atoms with Gasteiger partial charge in [0.05, 0.1) is 0 Å². The number of carbonyl (C=O) groups excluding carboxylic acids is 1. The van der Waals surface area contributed by atoms with Gasteiger partial charge in [-0.25, -0.2) is 0 Å². The van der Waals surface area contributed by atoms with E-state index >= 15 is 0 Å². The summed E-state index contributed by atoms with van der Waals surface area (Å²) in [6.07, 6.45) is 6.10. The van der Waals surface area contributed by atoms with Crippen molar-refractivity contribution in [3.05, 3.63) is 30.2 Å². The highest BCUT2D eigenvalue weighted by Gasteiger charge is 2.16. The molecule has 78 valence electrons. The maximum absolute atomic E-state index is 12.0. The lowest BCUT2D eigenvalue weighted by atomic mass is 9.97. The zero-order chi connectivity index (χ0) is 10.8. The minimum atomic E-state index is 0.0733. The predicted molar refractivity (Wildman–Crippen MR) is 59.9 cm³/mol. The fourth-order valence-electron chi connectivity index (χ4n) is 1.62. The van der Waals surface area contributed by atoms with Crippen LogP contribution in [-0.2, 0) is 0 Å². The van der Waals surface area contributed by atoms with E-state index in [2.05, 4.69) is 9.97 Å². The summed E-state index contributed by atoms with van der Waals surface area (Å²) in [7, 11) is 0. The van der Waals surface area contributed by atoms with E-state index in [1.165, 1.54) is 0 Å². The van der Waals surface area contributed by atoms with E-state index in [1.807, 2.05) is 19.9 Å². The Bertz CT molecular complexity index is 487. The highest BCUT2D eigenvalue weighted by molar-refractivity contribution is 6.08. The van der Waals surface area contributed by atoms with E-state index in [9.17, 15) is 4.79 Å². The van der Waals surface area contributed by atoms with Crippen molar-refractivity contribution in [3.63, 3.8) is 0 Å². The first-order valence-corrected chi connectivity index (χ1v) is 5.19. The van der Waals surface area contributed by atoms with Crippen LogP contribution in [0.5, 0.6) is 0 Å². The minimum Gasteiger partial charge on any atom is -0.360 e. The molecule has 0 bridgehead atoms. The third kappa shape index (κ3) is 1.65. The Kier molecular flexibility index (Phi) is 2.54. The molecule has 15 heavy (non-hydrogen) atoms. The van der Waals surface area contributed by atoms with E-state index in [1.54, 1.807) is 18.6 Å². The van der Waals surface area contributed by atoms with Crippen LogP contribution < -0.4 is 0 Å². The Morgan fingerprint density at radius 1 is 1.60 bits per heavy atom. The van der Waals surface area contributed by atoms with E-state index in [-0.39, 0.29) is 11.7 Å². The van der Waals surface area contributed by atoms with Gasteiger partial charge >= 0.3 is 0 Å². The van der Waals surface area contributed by atoms with Crippen molar-refractivity contribution in [3.8, 4) is 0 Å². The maximum Gasteiger partial charge on any atom is 0.167 e. The van der Waals surface area contributed by atoms with Gasteiger partial charge in [-0.2, -0.15) is 0 Å². The number of nitrogens with one attached hydrogen (secondary N) is 1. The average molecular weight is 202 g/mol. The number of hydrogen-bond acceptors (Lipinski definition) is 2. The van der Waals surface area contributed by atoms with Gasteiger partial charge in [0.1, 0.15) is 0 Å². The molecular weight excluding hydrogens is 188 g/mol. The molecule has 0 amide bonds. The molecule has 1 unspecified atom stereocenters. The molecule has 2 heterocycles. The van der Waals surface area contributed by atoms with Crippen LogP contribution >= 0.6 is 0 Å². The highest BCUT2D eigenvalue weighted by Crippen LogP contribution is 2.20. The van der Waals surface area contributed by atoms with E-state index in [0.29, 0.717) is 0 Å². The van der Waals surface area contributed by atoms with Gasteiger partial charge in [0.25, 0.3) is 0 Å². The van der Waals surface area contributed by atoms with Crippen LogP contribution in [0.1, 0.15) is 30.6 Å². The lowest BCUT2D eigenvalue weighted by Crippen LogP contribution is -2.09. The quantitative estimate of drug-likeness (QED) is 0.778. The van der Waals surface area contributed by atoms with Gasteiger partial charge in [-0.3, -0.25) is 9.78 Å². The van der Waals surface area contributed by atoms with Crippen LogP contribution in [-0.4, -0.2) is 15.8 Å². The van der Waals surface area contributed by atoms with Gasteiger partial charge < -0.3 is 4.98 Å². The molecule has 0 aliphatic heterocycles. The monoisotopic (exact) mass is 202 g/mol. The van der Waals surface area contributed by atoms with E-state index < -0.39 is 0 Å². The third-order valence-electron chi connectivity index (χ3n) is 2.81. The SMILES string of the molecule is CCC(C)C(=O)c1c[nH]c2ccncc12. The number of aromatic nitrogens is 2. The molecule has 2 rings (SSSR count). The topological polar surface area (TPSA) is 45.8 Å². The van der Waals surface area contributed by atoms with Crippen LogP contribution in [0.15, 0.2) is 24.7 Å². The maximum atomic E-state index is 12.0. The van der Waals surface area contributed by atoms with Gasteiger partial charge in [0.15, 0.2) is 5.78 Å². The minimum absolute atomic E-state index is 0.0733. The first-order valence-electron chi connectivity index (χ1n) is 5.19. The van der Waals surface area contributed by atoms with Gasteiger partial charge in [-0.05, 0) is 12.5 Å². The van der Waals surface area contributed by atoms with Gasteiger partial charge in [-0.1, -0.05) is 13.8 Å². The van der Waals surface area contributed by atoms with Crippen LogP contribution in [0.4, 0.5) is 0 Å². The predicted octanol–water partition coefficient (Wildman–Crippen LogP) is 2.79. The van der Waals surface area contributed by atoms with Crippen LogP contribution in [0.2, 0.25) is 0 Å². The molecule has 3 heteroatoms. The molecular formula is C12H14N2O. The van der Waals surface area contributed by atoms with Gasteiger partial charge in [-0.15, -0.1) is 0 Å². The Labute approximate surface area is 88.5 Å². The summed E-state index contributed by atoms with van der Waals surface area (Å²) in [4.78, 5) is 19.1. The number of rotatable bonds is 3. The molecule has 1 atom stereocenters. The number of Topliss-reactive ketones (excluding diaryl/α,β-unsaturated/α-hetero) is 1. The van der Waals surface area contributed by atoms with Crippen molar-refractivity contribution in [2.75, 3.05) is 0 Å². The van der Waals surface area contributed by atoms with Gasteiger partial charge in [0, 0.05) is 41.0 Å². The molecule has 0 spiro atoms. The molecule has 0 aromatic carbocycles. The van der Waals surface area contributed by atoms with Crippen molar-refractivity contribution < 1.29 is 4.79 Å². The number of H-pyrrole nitrogens is 1. The van der Waals surface area contributed by atoms with E-state index in [0.717, 1.165) is 22.9 Å². The normalized spacial score (nSPS) is 12.9. The summed E-state index contributed by atoms with van der Waals surface area (Å²) in [6.45, 7) is 3.98. The fourth-order valence-corrected chi connectivity index (χ4v) is 1.62. The molecule has 0 aliphatic carbocycles. The molecule has 2 aromatic rings. The number of fused-ring (bicyclic) bond motifs is 1. The second kappa shape index (κ2) is 3.85. The second-order valence-corrected chi connectivity index (χ2v) is 3.80. The number of aromatic amines is 1. The van der Waals surface area contributed by atoms with Crippen molar-refractivity contribution in [1.29, 1.82) is 0 Å². The number of ketones is 1. The Morgan fingerprint density at radius 3 is 3.13 bits per heavy atom. The zero-order valence-electron chi connectivity index (χ0n) is 8.95. The zero-order valence-corrected chi connectivity index (χ0v) is 8.95. The van der Waals surface area contributed by atoms with Crippen LogP contribution in [0.25, 0.3) is 10.9 Å². The molecule has 0 radical (unpaired) electrons. The number of carbonyl (C=O) groups is 1. The summed E-state index contributed by atoms with van der Waals surface area (Å²) in [5.41, 5.74) is 1.73. The number of pyridine rings is 1. The molecule has 0 saturated heterocycles. The number of hydrogen-bond donors (Lipinski definition) is 1. The smallest absolute Gasteiger partial charge is 0.167 e. The summed E-state index contributed by atoms with van der Waals surface area (Å²) >= 11 is 0.